The lowest BCUT2D eigenvalue weighted by molar-refractivity contribution is -0.123. The zero-order valence-corrected chi connectivity index (χ0v) is 16.6. The van der Waals surface area contributed by atoms with E-state index in [1.54, 1.807) is 12.1 Å². The molecule has 28 heavy (non-hydrogen) atoms. The molecule has 148 valence electrons. The van der Waals surface area contributed by atoms with Crippen molar-refractivity contribution >= 4 is 11.8 Å². The summed E-state index contributed by atoms with van der Waals surface area (Å²) in [4.78, 5) is 25.5. The van der Waals surface area contributed by atoms with Gasteiger partial charge in [0.2, 0.25) is 5.91 Å². The van der Waals surface area contributed by atoms with Crippen LogP contribution < -0.4 is 16.4 Å². The van der Waals surface area contributed by atoms with E-state index in [4.69, 9.17) is 5.73 Å². The molecule has 5 nitrogen and oxygen atoms in total. The van der Waals surface area contributed by atoms with Crippen LogP contribution in [-0.4, -0.2) is 23.9 Å². The third kappa shape index (κ3) is 4.98. The zero-order valence-electron chi connectivity index (χ0n) is 16.6. The van der Waals surface area contributed by atoms with E-state index in [1.807, 2.05) is 56.3 Å². The third-order valence-corrected chi connectivity index (χ3v) is 5.54. The van der Waals surface area contributed by atoms with Gasteiger partial charge < -0.3 is 16.4 Å². The predicted octanol–water partition coefficient (Wildman–Crippen LogP) is 3.10. The number of hydrogen-bond donors (Lipinski definition) is 3. The van der Waals surface area contributed by atoms with Crippen LogP contribution in [0.1, 0.15) is 53.7 Å². The van der Waals surface area contributed by atoms with Gasteiger partial charge in [0, 0.05) is 12.1 Å². The van der Waals surface area contributed by atoms with E-state index in [0.29, 0.717) is 18.0 Å². The fraction of sp³-hybridized carbons (Fsp3) is 0.391. The summed E-state index contributed by atoms with van der Waals surface area (Å²) in [6, 6.07) is 16.6. The molecular weight excluding hydrogens is 350 g/mol. The molecule has 0 spiro atoms. The van der Waals surface area contributed by atoms with E-state index < -0.39 is 6.04 Å². The fourth-order valence-corrected chi connectivity index (χ4v) is 3.48. The van der Waals surface area contributed by atoms with E-state index in [-0.39, 0.29) is 23.8 Å². The number of amides is 2. The monoisotopic (exact) mass is 379 g/mol. The quantitative estimate of drug-likeness (QED) is 0.659. The second-order valence-electron chi connectivity index (χ2n) is 7.95. The van der Waals surface area contributed by atoms with E-state index in [2.05, 4.69) is 10.6 Å². The number of carbonyl (C=O) groups is 2. The first kappa shape index (κ1) is 20.1. The van der Waals surface area contributed by atoms with Crippen molar-refractivity contribution in [2.24, 2.45) is 11.7 Å². The number of benzene rings is 2. The van der Waals surface area contributed by atoms with Crippen LogP contribution in [0.5, 0.6) is 0 Å². The molecule has 2 aromatic carbocycles. The molecule has 0 radical (unpaired) electrons. The lowest BCUT2D eigenvalue weighted by atomic mass is 9.95. The molecular formula is C23H29N3O2. The maximum atomic E-state index is 12.8. The molecule has 1 aliphatic carbocycles. The molecule has 2 amide bonds. The standard InChI is InChI=1S/C23H29N3O2/c1-16-8-10-18(11-9-16)22(28)25-20(17-6-4-3-5-7-17)14-21(27)26-23(2,15-24)19-12-13-19/h3-11,19-20H,12-15,24H2,1-2H3,(H,25,28)(H,26,27). The summed E-state index contributed by atoms with van der Waals surface area (Å²) in [5.41, 5.74) is 8.12. The summed E-state index contributed by atoms with van der Waals surface area (Å²) in [6.45, 7) is 4.40. The SMILES string of the molecule is Cc1ccc(C(=O)NC(CC(=O)NC(C)(CN)C2CC2)c2ccccc2)cc1. The van der Waals surface area contributed by atoms with E-state index in [1.165, 1.54) is 0 Å². The van der Waals surface area contributed by atoms with Gasteiger partial charge in [-0.2, -0.15) is 0 Å². The number of nitrogens with two attached hydrogens (primary N) is 1. The minimum atomic E-state index is -0.406. The Labute approximate surface area is 166 Å². The van der Waals surface area contributed by atoms with E-state index >= 15 is 0 Å². The Balaban J connectivity index is 1.73. The molecule has 0 aromatic heterocycles. The Kier molecular flexibility index (Phi) is 6.15. The molecule has 1 saturated carbocycles. The molecule has 2 aromatic rings. The van der Waals surface area contributed by atoms with Gasteiger partial charge >= 0.3 is 0 Å². The first-order valence-corrected chi connectivity index (χ1v) is 9.85. The summed E-state index contributed by atoms with van der Waals surface area (Å²) < 4.78 is 0. The predicted molar refractivity (Wildman–Crippen MR) is 111 cm³/mol. The van der Waals surface area contributed by atoms with Gasteiger partial charge in [-0.3, -0.25) is 9.59 Å². The minimum absolute atomic E-state index is 0.0992. The number of nitrogens with one attached hydrogen (secondary N) is 2. The van der Waals surface area contributed by atoms with Crippen LogP contribution in [0.2, 0.25) is 0 Å². The van der Waals surface area contributed by atoms with Gasteiger partial charge in [0.05, 0.1) is 18.0 Å². The summed E-state index contributed by atoms with van der Waals surface area (Å²) in [5, 5.41) is 6.13. The van der Waals surface area contributed by atoms with Crippen LogP contribution in [0, 0.1) is 12.8 Å². The Morgan fingerprint density at radius 2 is 1.75 bits per heavy atom. The number of carbonyl (C=O) groups excluding carboxylic acids is 2. The van der Waals surface area contributed by atoms with Crippen LogP contribution >= 0.6 is 0 Å². The van der Waals surface area contributed by atoms with Gasteiger partial charge in [0.1, 0.15) is 0 Å². The average Bonchev–Trinajstić information content (AvgIpc) is 3.54. The second kappa shape index (κ2) is 8.57. The van der Waals surface area contributed by atoms with Gasteiger partial charge in [-0.15, -0.1) is 0 Å². The largest absolute Gasteiger partial charge is 0.349 e. The lowest BCUT2D eigenvalue weighted by Crippen LogP contribution is -2.53. The number of hydrogen-bond acceptors (Lipinski definition) is 3. The van der Waals surface area contributed by atoms with Crippen LogP contribution in [0.3, 0.4) is 0 Å². The maximum Gasteiger partial charge on any atom is 0.251 e. The molecule has 4 N–H and O–H groups in total. The fourth-order valence-electron chi connectivity index (χ4n) is 3.48. The first-order valence-electron chi connectivity index (χ1n) is 9.85. The van der Waals surface area contributed by atoms with Crippen molar-refractivity contribution in [1.82, 2.24) is 10.6 Å². The molecule has 5 heteroatoms. The number of aryl methyl sites for hydroxylation is 1. The second-order valence-corrected chi connectivity index (χ2v) is 7.95. The molecule has 2 unspecified atom stereocenters. The van der Waals surface area contributed by atoms with Gasteiger partial charge in [-0.05, 0) is 50.3 Å². The topological polar surface area (TPSA) is 84.2 Å². The normalized spacial score (nSPS) is 16.7. The smallest absolute Gasteiger partial charge is 0.251 e. The Bertz CT molecular complexity index is 816. The van der Waals surface area contributed by atoms with E-state index in [9.17, 15) is 9.59 Å². The Hall–Kier alpha value is -2.66. The zero-order chi connectivity index (χ0) is 20.1. The van der Waals surface area contributed by atoms with Crippen LogP contribution in [0.15, 0.2) is 54.6 Å². The molecule has 0 aliphatic heterocycles. The Morgan fingerprint density at radius 1 is 1.11 bits per heavy atom. The molecule has 1 aliphatic rings. The molecule has 0 heterocycles. The molecule has 0 bridgehead atoms. The van der Waals surface area contributed by atoms with Crippen molar-refractivity contribution in [2.45, 2.75) is 44.7 Å². The molecule has 1 fully saturated rings. The Morgan fingerprint density at radius 3 is 2.32 bits per heavy atom. The van der Waals surface area contributed by atoms with Gasteiger partial charge in [0.15, 0.2) is 0 Å². The maximum absolute atomic E-state index is 12.8. The van der Waals surface area contributed by atoms with E-state index in [0.717, 1.165) is 24.0 Å². The van der Waals surface area contributed by atoms with Crippen LogP contribution in [-0.2, 0) is 4.79 Å². The van der Waals surface area contributed by atoms with Gasteiger partial charge in [-0.25, -0.2) is 0 Å². The van der Waals surface area contributed by atoms with Crippen molar-refractivity contribution in [3.63, 3.8) is 0 Å². The van der Waals surface area contributed by atoms with Crippen molar-refractivity contribution in [1.29, 1.82) is 0 Å². The minimum Gasteiger partial charge on any atom is -0.349 e. The highest BCUT2D eigenvalue weighted by molar-refractivity contribution is 5.94. The summed E-state index contributed by atoms with van der Waals surface area (Å²) in [5.74, 6) is 0.155. The van der Waals surface area contributed by atoms with Gasteiger partial charge in [-0.1, -0.05) is 48.0 Å². The van der Waals surface area contributed by atoms with Crippen molar-refractivity contribution in [2.75, 3.05) is 6.54 Å². The first-order chi connectivity index (χ1) is 13.4. The highest BCUT2D eigenvalue weighted by Gasteiger charge is 2.41. The lowest BCUT2D eigenvalue weighted by Gasteiger charge is -2.30. The average molecular weight is 380 g/mol. The number of rotatable bonds is 8. The highest BCUT2D eigenvalue weighted by Crippen LogP contribution is 2.39. The summed E-state index contributed by atoms with van der Waals surface area (Å²) in [7, 11) is 0. The third-order valence-electron chi connectivity index (χ3n) is 5.54. The van der Waals surface area contributed by atoms with Crippen molar-refractivity contribution < 1.29 is 9.59 Å². The van der Waals surface area contributed by atoms with Crippen LogP contribution in [0.25, 0.3) is 0 Å². The molecule has 3 rings (SSSR count). The summed E-state index contributed by atoms with van der Waals surface area (Å²) in [6.07, 6.45) is 2.37. The molecule has 0 saturated heterocycles. The van der Waals surface area contributed by atoms with Crippen molar-refractivity contribution in [3.05, 3.63) is 71.3 Å². The van der Waals surface area contributed by atoms with Crippen molar-refractivity contribution in [3.8, 4) is 0 Å². The highest BCUT2D eigenvalue weighted by atomic mass is 16.2. The van der Waals surface area contributed by atoms with Crippen LogP contribution in [0.4, 0.5) is 0 Å². The van der Waals surface area contributed by atoms with Gasteiger partial charge in [0.25, 0.3) is 5.91 Å². The molecule has 2 atom stereocenters. The summed E-state index contributed by atoms with van der Waals surface area (Å²) >= 11 is 0.